The van der Waals surface area contributed by atoms with E-state index in [4.69, 9.17) is 0 Å². The van der Waals surface area contributed by atoms with E-state index in [1.807, 2.05) is 65.6 Å². The lowest BCUT2D eigenvalue weighted by Gasteiger charge is -2.32. The van der Waals surface area contributed by atoms with Crippen molar-refractivity contribution in [2.45, 2.75) is 38.1 Å². The van der Waals surface area contributed by atoms with Crippen molar-refractivity contribution in [1.82, 2.24) is 10.2 Å². The molecule has 0 radical (unpaired) electrons. The van der Waals surface area contributed by atoms with Crippen LogP contribution < -0.4 is 5.32 Å². The van der Waals surface area contributed by atoms with Crippen LogP contribution in [-0.2, 0) is 22.4 Å². The third kappa shape index (κ3) is 5.45. The fourth-order valence-electron chi connectivity index (χ4n) is 3.36. The van der Waals surface area contributed by atoms with Crippen LogP contribution in [0.5, 0.6) is 0 Å². The van der Waals surface area contributed by atoms with Crippen LogP contribution >= 0.6 is 0 Å². The monoisotopic (exact) mass is 350 g/mol. The molecule has 0 atom stereocenters. The molecule has 0 saturated carbocycles. The third-order valence-electron chi connectivity index (χ3n) is 4.89. The highest BCUT2D eigenvalue weighted by molar-refractivity contribution is 5.79. The number of amides is 2. The second-order valence-electron chi connectivity index (χ2n) is 6.87. The van der Waals surface area contributed by atoms with Crippen LogP contribution in [0.1, 0.15) is 30.4 Å². The fraction of sp³-hybridized carbons (Fsp3) is 0.364. The lowest BCUT2D eigenvalue weighted by molar-refractivity contribution is -0.131. The first-order chi connectivity index (χ1) is 12.7. The van der Waals surface area contributed by atoms with E-state index in [2.05, 4.69) is 5.32 Å². The van der Waals surface area contributed by atoms with Gasteiger partial charge in [-0.1, -0.05) is 60.7 Å². The molecule has 0 bridgehead atoms. The molecule has 1 N–H and O–H groups in total. The van der Waals surface area contributed by atoms with Gasteiger partial charge in [0.2, 0.25) is 11.8 Å². The topological polar surface area (TPSA) is 49.4 Å². The molecule has 2 aromatic carbocycles. The Kier molecular flexibility index (Phi) is 6.42. The molecule has 1 aliphatic rings. The van der Waals surface area contributed by atoms with E-state index in [1.54, 1.807) is 0 Å². The molecule has 26 heavy (non-hydrogen) atoms. The van der Waals surface area contributed by atoms with Crippen LogP contribution in [0.4, 0.5) is 0 Å². The maximum Gasteiger partial charge on any atom is 0.226 e. The Hall–Kier alpha value is -2.62. The molecule has 2 aromatic rings. The number of likely N-dealkylation sites (tertiary alicyclic amines) is 1. The molecule has 3 rings (SSSR count). The second kappa shape index (κ2) is 9.18. The van der Waals surface area contributed by atoms with E-state index in [0.717, 1.165) is 37.9 Å². The van der Waals surface area contributed by atoms with Crippen LogP contribution in [0.15, 0.2) is 60.7 Å². The summed E-state index contributed by atoms with van der Waals surface area (Å²) in [6.07, 6.45) is 3.39. The Morgan fingerprint density at radius 3 is 2.08 bits per heavy atom. The smallest absolute Gasteiger partial charge is 0.226 e. The Morgan fingerprint density at radius 1 is 0.885 bits per heavy atom. The summed E-state index contributed by atoms with van der Waals surface area (Å²) in [7, 11) is 0. The highest BCUT2D eigenvalue weighted by Gasteiger charge is 2.23. The normalized spacial score (nSPS) is 14.8. The molecule has 4 nitrogen and oxygen atoms in total. The number of hydrogen-bond acceptors (Lipinski definition) is 2. The van der Waals surface area contributed by atoms with Gasteiger partial charge in [0, 0.05) is 25.6 Å². The minimum absolute atomic E-state index is 0.0999. The van der Waals surface area contributed by atoms with Crippen LogP contribution in [-0.4, -0.2) is 35.8 Å². The van der Waals surface area contributed by atoms with Crippen molar-refractivity contribution in [3.63, 3.8) is 0 Å². The molecule has 0 unspecified atom stereocenters. The average molecular weight is 350 g/mol. The fourth-order valence-corrected chi connectivity index (χ4v) is 3.36. The molecule has 1 heterocycles. The number of aryl methyl sites for hydroxylation is 1. The minimum atomic E-state index is 0.0999. The summed E-state index contributed by atoms with van der Waals surface area (Å²) in [5.41, 5.74) is 2.23. The zero-order valence-electron chi connectivity index (χ0n) is 15.1. The summed E-state index contributed by atoms with van der Waals surface area (Å²) in [5.74, 6) is 0.271. The summed E-state index contributed by atoms with van der Waals surface area (Å²) >= 11 is 0. The molecule has 1 fully saturated rings. The van der Waals surface area contributed by atoms with Crippen molar-refractivity contribution in [3.8, 4) is 0 Å². The van der Waals surface area contributed by atoms with E-state index < -0.39 is 0 Å². The SMILES string of the molecule is O=C(CCc1ccccc1)NC1CCN(C(=O)Cc2ccccc2)CC1. The molecule has 2 amide bonds. The number of benzene rings is 2. The largest absolute Gasteiger partial charge is 0.353 e. The van der Waals surface area contributed by atoms with Gasteiger partial charge in [-0.2, -0.15) is 0 Å². The van der Waals surface area contributed by atoms with E-state index in [9.17, 15) is 9.59 Å². The standard InChI is InChI=1S/C22H26N2O2/c25-21(12-11-18-7-3-1-4-8-18)23-20-13-15-24(16-14-20)22(26)17-19-9-5-2-6-10-19/h1-10,20H,11-17H2,(H,23,25). The number of carbonyl (C=O) groups is 2. The predicted molar refractivity (Wildman–Crippen MR) is 103 cm³/mol. The Labute approximate surface area is 155 Å². The number of nitrogens with zero attached hydrogens (tertiary/aromatic N) is 1. The van der Waals surface area contributed by atoms with Gasteiger partial charge in [-0.3, -0.25) is 9.59 Å². The highest BCUT2D eigenvalue weighted by atomic mass is 16.2. The zero-order chi connectivity index (χ0) is 18.2. The van der Waals surface area contributed by atoms with Crippen LogP contribution in [0.25, 0.3) is 0 Å². The third-order valence-corrected chi connectivity index (χ3v) is 4.89. The van der Waals surface area contributed by atoms with Crippen molar-refractivity contribution in [3.05, 3.63) is 71.8 Å². The Bertz CT molecular complexity index is 707. The zero-order valence-corrected chi connectivity index (χ0v) is 15.1. The van der Waals surface area contributed by atoms with E-state index in [0.29, 0.717) is 12.8 Å². The molecule has 4 heteroatoms. The Balaban J connectivity index is 1.38. The summed E-state index contributed by atoms with van der Waals surface area (Å²) < 4.78 is 0. The molecular weight excluding hydrogens is 324 g/mol. The molecule has 0 spiro atoms. The van der Waals surface area contributed by atoms with Gasteiger partial charge in [-0.05, 0) is 30.4 Å². The molecular formula is C22H26N2O2. The number of carbonyl (C=O) groups excluding carboxylic acids is 2. The first-order valence-electron chi connectivity index (χ1n) is 9.36. The number of hydrogen-bond donors (Lipinski definition) is 1. The lowest BCUT2D eigenvalue weighted by atomic mass is 10.0. The van der Waals surface area contributed by atoms with Gasteiger partial charge < -0.3 is 10.2 Å². The maximum absolute atomic E-state index is 12.4. The van der Waals surface area contributed by atoms with Crippen molar-refractivity contribution in [1.29, 1.82) is 0 Å². The van der Waals surface area contributed by atoms with Crippen molar-refractivity contribution in [2.24, 2.45) is 0 Å². The van der Waals surface area contributed by atoms with Crippen molar-refractivity contribution >= 4 is 11.8 Å². The second-order valence-corrected chi connectivity index (χ2v) is 6.87. The molecule has 1 saturated heterocycles. The number of rotatable bonds is 6. The number of nitrogens with one attached hydrogen (secondary N) is 1. The van der Waals surface area contributed by atoms with Crippen LogP contribution in [0, 0.1) is 0 Å². The summed E-state index contributed by atoms with van der Waals surface area (Å²) in [4.78, 5) is 26.5. The number of piperidine rings is 1. The maximum atomic E-state index is 12.4. The Morgan fingerprint density at radius 2 is 1.46 bits per heavy atom. The van der Waals surface area contributed by atoms with Gasteiger partial charge in [0.15, 0.2) is 0 Å². The van der Waals surface area contributed by atoms with Crippen molar-refractivity contribution < 1.29 is 9.59 Å². The molecule has 136 valence electrons. The van der Waals surface area contributed by atoms with Gasteiger partial charge in [0.05, 0.1) is 6.42 Å². The summed E-state index contributed by atoms with van der Waals surface area (Å²) in [6, 6.07) is 20.1. The van der Waals surface area contributed by atoms with Gasteiger partial charge in [-0.15, -0.1) is 0 Å². The van der Waals surface area contributed by atoms with Gasteiger partial charge in [-0.25, -0.2) is 0 Å². The van der Waals surface area contributed by atoms with Crippen molar-refractivity contribution in [2.75, 3.05) is 13.1 Å². The first-order valence-corrected chi connectivity index (χ1v) is 9.36. The summed E-state index contributed by atoms with van der Waals surface area (Å²) in [5, 5.41) is 3.12. The lowest BCUT2D eigenvalue weighted by Crippen LogP contribution is -2.47. The predicted octanol–water partition coefficient (Wildman–Crippen LogP) is 2.97. The van der Waals surface area contributed by atoms with E-state index >= 15 is 0 Å². The van der Waals surface area contributed by atoms with Gasteiger partial charge in [0.25, 0.3) is 0 Å². The van der Waals surface area contributed by atoms with E-state index in [-0.39, 0.29) is 17.9 Å². The molecule has 0 aliphatic carbocycles. The van der Waals surface area contributed by atoms with E-state index in [1.165, 1.54) is 5.56 Å². The highest BCUT2D eigenvalue weighted by Crippen LogP contribution is 2.13. The van der Waals surface area contributed by atoms with Crippen LogP contribution in [0.3, 0.4) is 0 Å². The molecule has 0 aromatic heterocycles. The summed E-state index contributed by atoms with van der Waals surface area (Å²) in [6.45, 7) is 1.44. The van der Waals surface area contributed by atoms with Gasteiger partial charge >= 0.3 is 0 Å². The quantitative estimate of drug-likeness (QED) is 0.871. The molecule has 1 aliphatic heterocycles. The van der Waals surface area contributed by atoms with Gasteiger partial charge in [0.1, 0.15) is 0 Å². The first kappa shape index (κ1) is 18.2. The van der Waals surface area contributed by atoms with Crippen LogP contribution in [0.2, 0.25) is 0 Å². The minimum Gasteiger partial charge on any atom is -0.353 e. The average Bonchev–Trinajstić information content (AvgIpc) is 2.68.